The molecule has 0 saturated carbocycles. The van der Waals surface area contributed by atoms with Crippen LogP contribution < -0.4 is 0 Å². The molecule has 0 amide bonds. The lowest BCUT2D eigenvalue weighted by Gasteiger charge is -2.57. The Labute approximate surface area is 206 Å². The number of benzene rings is 3. The van der Waals surface area contributed by atoms with Crippen LogP contribution in [0.3, 0.4) is 0 Å². The molecule has 5 atom stereocenters. The zero-order valence-corrected chi connectivity index (χ0v) is 19.9. The van der Waals surface area contributed by atoms with E-state index in [1.165, 1.54) is 0 Å². The number of ketones is 1. The molecule has 0 unspecified atom stereocenters. The smallest absolute Gasteiger partial charge is 0.217 e. The highest BCUT2D eigenvalue weighted by Crippen LogP contribution is 2.47. The Bertz CT molecular complexity index is 1420. The monoisotopic (exact) mass is 463 g/mol. The molecule has 4 heteroatoms. The van der Waals surface area contributed by atoms with Crippen molar-refractivity contribution in [1.29, 1.82) is 0 Å². The van der Waals surface area contributed by atoms with Crippen LogP contribution in [0.2, 0.25) is 0 Å². The summed E-state index contributed by atoms with van der Waals surface area (Å²) in [4.78, 5) is 18.4. The van der Waals surface area contributed by atoms with Gasteiger partial charge in [-0.05, 0) is 34.4 Å². The molecule has 0 aliphatic carbocycles. The van der Waals surface area contributed by atoms with E-state index >= 15 is 0 Å². The van der Waals surface area contributed by atoms with E-state index < -0.39 is 6.10 Å². The second-order valence-corrected chi connectivity index (χ2v) is 10.3. The van der Waals surface area contributed by atoms with Crippen LogP contribution >= 0.6 is 0 Å². The number of rotatable bonds is 6. The van der Waals surface area contributed by atoms with Crippen molar-refractivity contribution < 1.29 is 14.4 Å². The van der Waals surface area contributed by atoms with Gasteiger partial charge < -0.3 is 9.59 Å². The molecule has 7 rings (SSSR count). The molecule has 3 fully saturated rings. The van der Waals surface area contributed by atoms with Crippen LogP contribution in [0.25, 0.3) is 21.7 Å². The molecule has 0 radical (unpaired) electrons. The van der Waals surface area contributed by atoms with Gasteiger partial charge in [-0.3, -0.25) is 9.78 Å². The van der Waals surface area contributed by atoms with E-state index in [2.05, 4.69) is 29.8 Å². The number of aliphatic hydroxyl groups is 1. The molecule has 3 aromatic carbocycles. The lowest BCUT2D eigenvalue weighted by Crippen LogP contribution is -2.69. The van der Waals surface area contributed by atoms with Crippen LogP contribution in [0.1, 0.15) is 34.9 Å². The van der Waals surface area contributed by atoms with Gasteiger partial charge in [-0.25, -0.2) is 0 Å². The summed E-state index contributed by atoms with van der Waals surface area (Å²) in [7, 11) is 0. The minimum absolute atomic E-state index is 0.0327. The van der Waals surface area contributed by atoms with Gasteiger partial charge in [-0.1, -0.05) is 66.7 Å². The third kappa shape index (κ3) is 3.69. The Morgan fingerprint density at radius 2 is 1.83 bits per heavy atom. The second kappa shape index (κ2) is 8.71. The van der Waals surface area contributed by atoms with E-state index in [9.17, 15) is 9.90 Å². The zero-order valence-electron chi connectivity index (χ0n) is 19.9. The highest BCUT2D eigenvalue weighted by molar-refractivity contribution is 6.08. The highest BCUT2D eigenvalue weighted by Gasteiger charge is 2.54. The van der Waals surface area contributed by atoms with Gasteiger partial charge in [0.2, 0.25) is 5.78 Å². The summed E-state index contributed by atoms with van der Waals surface area (Å²) < 4.78 is 0.618. The van der Waals surface area contributed by atoms with Crippen molar-refractivity contribution in [1.82, 2.24) is 4.98 Å². The number of carbonyl (C=O) groups excluding carboxylic acids is 1. The van der Waals surface area contributed by atoms with E-state index in [0.717, 1.165) is 58.7 Å². The Hall–Kier alpha value is -3.34. The van der Waals surface area contributed by atoms with Crippen LogP contribution in [0.5, 0.6) is 0 Å². The summed E-state index contributed by atoms with van der Waals surface area (Å²) in [6.07, 6.45) is 5.17. The number of hydrogen-bond acceptors (Lipinski definition) is 3. The molecule has 35 heavy (non-hydrogen) atoms. The number of hydrogen-bond donors (Lipinski definition) is 1. The van der Waals surface area contributed by atoms with Crippen molar-refractivity contribution in [3.8, 4) is 0 Å². The van der Waals surface area contributed by atoms with Crippen molar-refractivity contribution in [3.05, 3.63) is 103 Å². The molecular weight excluding hydrogens is 432 g/mol. The van der Waals surface area contributed by atoms with Gasteiger partial charge in [0.25, 0.3) is 0 Å². The molecule has 2 bridgehead atoms. The largest absolute Gasteiger partial charge is 0.382 e. The maximum absolute atomic E-state index is 13.9. The molecule has 176 valence electrons. The maximum atomic E-state index is 13.9. The molecule has 3 aliphatic heterocycles. The molecule has 1 N–H and O–H groups in total. The molecule has 4 heterocycles. The first kappa shape index (κ1) is 22.1. The number of carbonyl (C=O) groups is 1. The first-order chi connectivity index (χ1) is 17.1. The van der Waals surface area contributed by atoms with Crippen LogP contribution in [0, 0.1) is 11.8 Å². The summed E-state index contributed by atoms with van der Waals surface area (Å²) in [5.74, 6) is 1.04. The van der Waals surface area contributed by atoms with Crippen LogP contribution in [-0.2, 0) is 0 Å². The number of para-hydroxylation sites is 1. The number of quaternary nitrogens is 1. The third-order valence-electron chi connectivity index (χ3n) is 8.59. The Kier molecular flexibility index (Phi) is 5.51. The predicted octanol–water partition coefficient (Wildman–Crippen LogP) is 5.72. The minimum atomic E-state index is -0.656. The third-order valence-corrected chi connectivity index (χ3v) is 8.59. The van der Waals surface area contributed by atoms with Crippen LogP contribution in [0.4, 0.5) is 0 Å². The van der Waals surface area contributed by atoms with Gasteiger partial charge in [0.15, 0.2) is 0 Å². The highest BCUT2D eigenvalue weighted by atomic mass is 16.3. The predicted molar refractivity (Wildman–Crippen MR) is 140 cm³/mol. The van der Waals surface area contributed by atoms with Gasteiger partial charge in [-0.2, -0.15) is 0 Å². The average molecular weight is 464 g/mol. The van der Waals surface area contributed by atoms with E-state index in [1.54, 1.807) is 6.20 Å². The van der Waals surface area contributed by atoms with Gasteiger partial charge in [0.1, 0.15) is 18.7 Å². The summed E-state index contributed by atoms with van der Waals surface area (Å²) in [5.41, 5.74) is 2.59. The first-order valence-corrected chi connectivity index (χ1v) is 12.6. The van der Waals surface area contributed by atoms with E-state index in [1.807, 2.05) is 60.7 Å². The fraction of sp³-hybridized carbons (Fsp3) is 0.290. The van der Waals surface area contributed by atoms with Crippen LogP contribution in [0.15, 0.2) is 91.6 Å². The molecule has 3 saturated heterocycles. The number of nitrogens with zero attached hydrogens (tertiary/aromatic N) is 2. The van der Waals surface area contributed by atoms with Crippen molar-refractivity contribution in [3.63, 3.8) is 0 Å². The Morgan fingerprint density at radius 3 is 2.69 bits per heavy atom. The molecule has 1 aromatic heterocycles. The fourth-order valence-corrected chi connectivity index (χ4v) is 6.80. The van der Waals surface area contributed by atoms with Crippen molar-refractivity contribution in [2.75, 3.05) is 19.6 Å². The van der Waals surface area contributed by atoms with E-state index in [0.29, 0.717) is 22.9 Å². The van der Waals surface area contributed by atoms with Crippen molar-refractivity contribution in [2.24, 2.45) is 11.8 Å². The molecule has 3 aliphatic rings. The van der Waals surface area contributed by atoms with Gasteiger partial charge in [-0.15, -0.1) is 6.58 Å². The standard InChI is InChI=1S/C31H31N2O2/c1-2-21-19-33(20-30(34)26-12-7-9-22-8-3-4-10-24(22)26)17-15-23(21)18-29(33)31(35)27-14-16-32-28-13-6-5-11-25(27)28/h2-14,16,21,23,29,31,35H,1,15,17-20H2/q+1/t21-,23-,29-,31+,33-/m0/s1. The van der Waals surface area contributed by atoms with Crippen molar-refractivity contribution in [2.45, 2.75) is 25.0 Å². The first-order valence-electron chi connectivity index (χ1n) is 12.6. The Balaban J connectivity index is 1.40. The Morgan fingerprint density at radius 1 is 1.06 bits per heavy atom. The van der Waals surface area contributed by atoms with E-state index in [-0.39, 0.29) is 11.8 Å². The van der Waals surface area contributed by atoms with Crippen molar-refractivity contribution >= 4 is 27.5 Å². The average Bonchev–Trinajstić information content (AvgIpc) is 2.91. The molecule has 4 aromatic rings. The lowest BCUT2D eigenvalue weighted by atomic mass is 9.71. The number of aliphatic hydroxyl groups excluding tert-OH is 1. The van der Waals surface area contributed by atoms with Gasteiger partial charge in [0.05, 0.1) is 18.6 Å². The summed E-state index contributed by atoms with van der Waals surface area (Å²) in [5, 5.41) is 14.9. The number of piperidine rings is 3. The minimum Gasteiger partial charge on any atom is -0.382 e. The summed E-state index contributed by atoms with van der Waals surface area (Å²) >= 11 is 0. The topological polar surface area (TPSA) is 50.2 Å². The van der Waals surface area contributed by atoms with Gasteiger partial charge >= 0.3 is 0 Å². The SMILES string of the molecule is C=C[C@H]1C[N@+]2(CC(=O)c3cccc4ccccc34)CC[C@H]1C[C@H]2[C@H](O)c1ccnc2ccccc12. The van der Waals surface area contributed by atoms with Crippen LogP contribution in [-0.4, -0.2) is 46.0 Å². The summed E-state index contributed by atoms with van der Waals surface area (Å²) in [6.45, 7) is 6.28. The normalized spacial score (nSPS) is 26.6. The fourth-order valence-electron chi connectivity index (χ4n) is 6.80. The molecule has 4 nitrogen and oxygen atoms in total. The number of fused-ring (bicyclic) bond motifs is 5. The van der Waals surface area contributed by atoms with E-state index in [4.69, 9.17) is 0 Å². The quantitative estimate of drug-likeness (QED) is 0.226. The molecular formula is C31H31N2O2+. The zero-order chi connectivity index (χ0) is 24.0. The van der Waals surface area contributed by atoms with Gasteiger partial charge in [0, 0.05) is 35.9 Å². The maximum Gasteiger partial charge on any atom is 0.217 e. The number of pyridine rings is 1. The summed E-state index contributed by atoms with van der Waals surface area (Å²) in [6, 6.07) is 24.0. The number of aromatic nitrogens is 1. The number of Topliss-reactive ketones (excluding diaryl/α,β-unsaturated/α-hetero) is 1. The second-order valence-electron chi connectivity index (χ2n) is 10.3. The molecule has 0 spiro atoms. The lowest BCUT2D eigenvalue weighted by molar-refractivity contribution is -0.966.